The summed E-state index contributed by atoms with van der Waals surface area (Å²) in [6, 6.07) is 6.50. The molecule has 0 saturated heterocycles. The summed E-state index contributed by atoms with van der Waals surface area (Å²) in [5, 5.41) is 8.70. The molecule has 0 saturated carbocycles. The Labute approximate surface area is 109 Å². The number of anilines is 1. The number of benzene rings is 1. The summed E-state index contributed by atoms with van der Waals surface area (Å²) in [5.74, 6) is -0.716. The number of nitrogens with zero attached hydrogens (tertiary/aromatic N) is 1. The number of rotatable bonds is 7. The minimum absolute atomic E-state index is 0.241. The van der Waals surface area contributed by atoms with E-state index in [0.717, 1.165) is 19.5 Å². The van der Waals surface area contributed by atoms with Gasteiger partial charge in [-0.3, -0.25) is 4.79 Å². The number of hydrogen-bond acceptors (Lipinski definition) is 2. The maximum Gasteiger partial charge on any atom is 0.303 e. The van der Waals surface area contributed by atoms with Crippen LogP contribution in [0.1, 0.15) is 37.3 Å². The molecule has 1 rings (SSSR count). The van der Waals surface area contributed by atoms with Crippen LogP contribution in [-0.2, 0) is 4.79 Å². The minimum Gasteiger partial charge on any atom is -0.481 e. The van der Waals surface area contributed by atoms with Gasteiger partial charge in [0, 0.05) is 25.2 Å². The topological polar surface area (TPSA) is 40.5 Å². The molecule has 0 heterocycles. The Hall–Kier alpha value is -1.51. The molecule has 0 aliphatic heterocycles. The van der Waals surface area contributed by atoms with Gasteiger partial charge in [-0.15, -0.1) is 0 Å². The highest BCUT2D eigenvalue weighted by Crippen LogP contribution is 2.19. The van der Waals surface area contributed by atoms with E-state index in [1.165, 1.54) is 16.8 Å². The van der Waals surface area contributed by atoms with Crippen LogP contribution in [0.15, 0.2) is 18.2 Å². The van der Waals surface area contributed by atoms with Crippen LogP contribution in [0.5, 0.6) is 0 Å². The molecule has 0 aromatic heterocycles. The summed E-state index contributed by atoms with van der Waals surface area (Å²) in [7, 11) is 0. The molecule has 1 aromatic rings. The summed E-state index contributed by atoms with van der Waals surface area (Å²) < 4.78 is 0. The standard InChI is InChI=1S/C15H23NO2/c1-4-7-16(8-5-6-15(17)18)14-10-12(2)9-13(3)11-14/h9-11H,4-8H2,1-3H3,(H,17,18). The Balaban J connectivity index is 2.73. The highest BCUT2D eigenvalue weighted by molar-refractivity contribution is 5.66. The van der Waals surface area contributed by atoms with Crippen molar-refractivity contribution < 1.29 is 9.90 Å². The maximum atomic E-state index is 10.6. The first kappa shape index (κ1) is 14.6. The van der Waals surface area contributed by atoms with E-state index in [4.69, 9.17) is 5.11 Å². The first-order valence-corrected chi connectivity index (χ1v) is 6.58. The van der Waals surface area contributed by atoms with E-state index in [9.17, 15) is 4.79 Å². The van der Waals surface area contributed by atoms with Gasteiger partial charge in [-0.2, -0.15) is 0 Å². The largest absolute Gasteiger partial charge is 0.481 e. The highest BCUT2D eigenvalue weighted by atomic mass is 16.4. The zero-order chi connectivity index (χ0) is 13.5. The van der Waals surface area contributed by atoms with Gasteiger partial charge in [-0.05, 0) is 49.9 Å². The van der Waals surface area contributed by atoms with Gasteiger partial charge in [0.05, 0.1) is 0 Å². The maximum absolute atomic E-state index is 10.6. The third-order valence-corrected chi connectivity index (χ3v) is 2.88. The second-order valence-electron chi connectivity index (χ2n) is 4.83. The molecule has 3 nitrogen and oxygen atoms in total. The predicted molar refractivity (Wildman–Crippen MR) is 75.3 cm³/mol. The average Bonchev–Trinajstić information content (AvgIpc) is 2.26. The van der Waals surface area contributed by atoms with Crippen molar-refractivity contribution in [2.24, 2.45) is 0 Å². The summed E-state index contributed by atoms with van der Waals surface area (Å²) in [6.45, 7) is 8.12. The molecule has 0 spiro atoms. The van der Waals surface area contributed by atoms with E-state index in [2.05, 4.69) is 43.9 Å². The number of aliphatic carboxylic acids is 1. The molecule has 0 amide bonds. The fraction of sp³-hybridized carbons (Fsp3) is 0.533. The zero-order valence-corrected chi connectivity index (χ0v) is 11.6. The molecule has 0 atom stereocenters. The highest BCUT2D eigenvalue weighted by Gasteiger charge is 2.07. The summed E-state index contributed by atoms with van der Waals surface area (Å²) >= 11 is 0. The molecule has 0 aliphatic rings. The van der Waals surface area contributed by atoms with Crippen molar-refractivity contribution in [2.45, 2.75) is 40.0 Å². The van der Waals surface area contributed by atoms with E-state index in [0.29, 0.717) is 6.42 Å². The predicted octanol–water partition coefficient (Wildman–Crippen LogP) is 3.38. The van der Waals surface area contributed by atoms with Crippen LogP contribution in [0, 0.1) is 13.8 Å². The minimum atomic E-state index is -0.716. The molecular formula is C15H23NO2. The lowest BCUT2D eigenvalue weighted by Gasteiger charge is -2.25. The first-order chi connectivity index (χ1) is 8.52. The molecule has 0 radical (unpaired) electrons. The molecule has 0 aliphatic carbocycles. The van der Waals surface area contributed by atoms with Crippen LogP contribution in [0.4, 0.5) is 5.69 Å². The Morgan fingerprint density at radius 2 is 1.78 bits per heavy atom. The van der Waals surface area contributed by atoms with Gasteiger partial charge in [0.2, 0.25) is 0 Å². The van der Waals surface area contributed by atoms with E-state index in [-0.39, 0.29) is 6.42 Å². The average molecular weight is 249 g/mol. The van der Waals surface area contributed by atoms with Crippen molar-refractivity contribution in [3.63, 3.8) is 0 Å². The van der Waals surface area contributed by atoms with E-state index in [1.807, 2.05) is 0 Å². The lowest BCUT2D eigenvalue weighted by molar-refractivity contribution is -0.137. The van der Waals surface area contributed by atoms with Crippen molar-refractivity contribution in [1.82, 2.24) is 0 Å². The number of carboxylic acids is 1. The summed E-state index contributed by atoms with van der Waals surface area (Å²) in [5.41, 5.74) is 3.72. The van der Waals surface area contributed by atoms with Crippen molar-refractivity contribution in [1.29, 1.82) is 0 Å². The van der Waals surface area contributed by atoms with Crippen molar-refractivity contribution >= 4 is 11.7 Å². The van der Waals surface area contributed by atoms with Crippen LogP contribution < -0.4 is 4.90 Å². The van der Waals surface area contributed by atoms with Crippen molar-refractivity contribution in [2.75, 3.05) is 18.0 Å². The Kier molecular flexibility index (Phi) is 5.69. The molecule has 1 aromatic carbocycles. The van der Waals surface area contributed by atoms with E-state index < -0.39 is 5.97 Å². The van der Waals surface area contributed by atoms with E-state index in [1.54, 1.807) is 0 Å². The van der Waals surface area contributed by atoms with Crippen LogP contribution in [0.3, 0.4) is 0 Å². The van der Waals surface area contributed by atoms with E-state index >= 15 is 0 Å². The number of hydrogen-bond donors (Lipinski definition) is 1. The monoisotopic (exact) mass is 249 g/mol. The van der Waals surface area contributed by atoms with Crippen LogP contribution in [0.2, 0.25) is 0 Å². The molecule has 100 valence electrons. The first-order valence-electron chi connectivity index (χ1n) is 6.58. The number of carbonyl (C=O) groups is 1. The molecule has 0 unspecified atom stereocenters. The van der Waals surface area contributed by atoms with Gasteiger partial charge < -0.3 is 10.0 Å². The molecule has 1 N–H and O–H groups in total. The molecule has 3 heteroatoms. The zero-order valence-electron chi connectivity index (χ0n) is 11.6. The van der Waals surface area contributed by atoms with Gasteiger partial charge in [0.1, 0.15) is 0 Å². The summed E-state index contributed by atoms with van der Waals surface area (Å²) in [4.78, 5) is 12.8. The fourth-order valence-corrected chi connectivity index (χ4v) is 2.19. The smallest absolute Gasteiger partial charge is 0.303 e. The number of carboxylic acid groups (broad SMARTS) is 1. The lowest BCUT2D eigenvalue weighted by atomic mass is 10.1. The van der Waals surface area contributed by atoms with Gasteiger partial charge >= 0.3 is 5.97 Å². The van der Waals surface area contributed by atoms with Crippen molar-refractivity contribution in [3.05, 3.63) is 29.3 Å². The second-order valence-corrected chi connectivity index (χ2v) is 4.83. The van der Waals surface area contributed by atoms with Crippen molar-refractivity contribution in [3.8, 4) is 0 Å². The third-order valence-electron chi connectivity index (χ3n) is 2.88. The lowest BCUT2D eigenvalue weighted by Crippen LogP contribution is -2.25. The van der Waals surface area contributed by atoms with Gasteiger partial charge in [-0.25, -0.2) is 0 Å². The molecular weight excluding hydrogens is 226 g/mol. The van der Waals surface area contributed by atoms with Gasteiger partial charge in [0.25, 0.3) is 0 Å². The van der Waals surface area contributed by atoms with Crippen LogP contribution in [-0.4, -0.2) is 24.2 Å². The van der Waals surface area contributed by atoms with Crippen LogP contribution >= 0.6 is 0 Å². The quantitative estimate of drug-likeness (QED) is 0.805. The molecule has 18 heavy (non-hydrogen) atoms. The van der Waals surface area contributed by atoms with Crippen LogP contribution in [0.25, 0.3) is 0 Å². The van der Waals surface area contributed by atoms with Gasteiger partial charge in [0.15, 0.2) is 0 Å². The molecule has 0 bridgehead atoms. The SMILES string of the molecule is CCCN(CCCC(=O)O)c1cc(C)cc(C)c1. The Morgan fingerprint density at radius 3 is 2.28 bits per heavy atom. The normalized spacial score (nSPS) is 10.4. The molecule has 0 fully saturated rings. The third kappa shape index (κ3) is 4.78. The fourth-order valence-electron chi connectivity index (χ4n) is 2.19. The Bertz CT molecular complexity index is 381. The Morgan fingerprint density at radius 1 is 1.17 bits per heavy atom. The van der Waals surface area contributed by atoms with Gasteiger partial charge in [-0.1, -0.05) is 13.0 Å². The second kappa shape index (κ2) is 7.04. The number of aryl methyl sites for hydroxylation is 2. The summed E-state index contributed by atoms with van der Waals surface area (Å²) in [6.07, 6.45) is 2.01.